The van der Waals surface area contributed by atoms with E-state index in [1.165, 1.54) is 6.08 Å². The van der Waals surface area contributed by atoms with E-state index in [0.717, 1.165) is 18.2 Å². The van der Waals surface area contributed by atoms with Gasteiger partial charge in [0.2, 0.25) is 5.91 Å². The Hall–Kier alpha value is -2.46. The predicted octanol–water partition coefficient (Wildman–Crippen LogP) is 2.02. The molecule has 1 aliphatic heterocycles. The number of anilines is 1. The SMILES string of the molecule is CC(C)(Br)C(=O)Nc1cc([N+](=O)[O-])ccc1O.O=C1C=CCON1. The molecule has 0 aliphatic carbocycles. The van der Waals surface area contributed by atoms with Gasteiger partial charge in [-0.2, -0.15) is 0 Å². The third-order valence-corrected chi connectivity index (χ3v) is 2.96. The number of nitrogens with zero attached hydrogens (tertiary/aromatic N) is 1. The summed E-state index contributed by atoms with van der Waals surface area (Å²) in [6.07, 6.45) is 3.09. The fraction of sp³-hybridized carbons (Fsp3) is 0.286. The highest BCUT2D eigenvalue weighted by atomic mass is 79.9. The lowest BCUT2D eigenvalue weighted by Crippen LogP contribution is -2.30. The average Bonchev–Trinajstić information content (AvgIpc) is 2.49. The van der Waals surface area contributed by atoms with Gasteiger partial charge in [0.1, 0.15) is 5.75 Å². The number of nitro groups is 1. The number of amides is 2. The summed E-state index contributed by atoms with van der Waals surface area (Å²) in [4.78, 5) is 36.2. The van der Waals surface area contributed by atoms with Crippen LogP contribution in [0.4, 0.5) is 11.4 Å². The van der Waals surface area contributed by atoms with Gasteiger partial charge in [-0.15, -0.1) is 0 Å². The highest BCUT2D eigenvalue weighted by Gasteiger charge is 2.25. The molecule has 0 unspecified atom stereocenters. The van der Waals surface area contributed by atoms with Crippen molar-refractivity contribution in [2.75, 3.05) is 11.9 Å². The lowest BCUT2D eigenvalue weighted by Gasteiger charge is -2.16. The van der Waals surface area contributed by atoms with E-state index < -0.39 is 15.2 Å². The van der Waals surface area contributed by atoms with Crippen molar-refractivity contribution in [1.29, 1.82) is 0 Å². The quantitative estimate of drug-likeness (QED) is 0.307. The Labute approximate surface area is 145 Å². The second-order valence-electron chi connectivity index (χ2n) is 5.06. The fourth-order valence-electron chi connectivity index (χ4n) is 1.36. The molecule has 1 aromatic carbocycles. The molecule has 130 valence electrons. The van der Waals surface area contributed by atoms with Crippen LogP contribution in [0.3, 0.4) is 0 Å². The third kappa shape index (κ3) is 6.34. The molecule has 0 saturated carbocycles. The summed E-state index contributed by atoms with van der Waals surface area (Å²) in [7, 11) is 0. The van der Waals surface area contributed by atoms with Gasteiger partial charge in [0.15, 0.2) is 0 Å². The Balaban J connectivity index is 0.000000341. The van der Waals surface area contributed by atoms with E-state index in [4.69, 9.17) is 0 Å². The highest BCUT2D eigenvalue weighted by Crippen LogP contribution is 2.29. The average molecular weight is 402 g/mol. The molecule has 24 heavy (non-hydrogen) atoms. The van der Waals surface area contributed by atoms with E-state index in [-0.39, 0.29) is 23.0 Å². The number of rotatable bonds is 3. The molecule has 1 aromatic rings. The molecule has 1 heterocycles. The van der Waals surface area contributed by atoms with Crippen LogP contribution in [0.25, 0.3) is 0 Å². The lowest BCUT2D eigenvalue weighted by molar-refractivity contribution is -0.384. The van der Waals surface area contributed by atoms with Crippen LogP contribution < -0.4 is 10.8 Å². The van der Waals surface area contributed by atoms with Crippen LogP contribution in [0, 0.1) is 10.1 Å². The maximum Gasteiger partial charge on any atom is 0.271 e. The van der Waals surface area contributed by atoms with E-state index in [1.54, 1.807) is 19.9 Å². The maximum absolute atomic E-state index is 11.6. The van der Waals surface area contributed by atoms with Crippen molar-refractivity contribution in [1.82, 2.24) is 5.48 Å². The number of hydrogen-bond acceptors (Lipinski definition) is 6. The van der Waals surface area contributed by atoms with Crippen LogP contribution in [0.5, 0.6) is 5.75 Å². The minimum Gasteiger partial charge on any atom is -0.506 e. The smallest absolute Gasteiger partial charge is 0.271 e. The number of hydroxylamine groups is 1. The van der Waals surface area contributed by atoms with Crippen molar-refractivity contribution in [3.63, 3.8) is 0 Å². The van der Waals surface area contributed by atoms with Crippen LogP contribution >= 0.6 is 15.9 Å². The van der Waals surface area contributed by atoms with Crippen molar-refractivity contribution in [2.45, 2.75) is 18.2 Å². The number of nitro benzene ring substituents is 1. The first-order valence-corrected chi connectivity index (χ1v) is 7.46. The zero-order valence-electron chi connectivity index (χ0n) is 12.9. The zero-order chi connectivity index (χ0) is 18.3. The van der Waals surface area contributed by atoms with E-state index >= 15 is 0 Å². The number of phenols is 1. The summed E-state index contributed by atoms with van der Waals surface area (Å²) < 4.78 is -0.829. The number of nitrogens with one attached hydrogen (secondary N) is 2. The Kier molecular flexibility index (Phi) is 6.86. The predicted molar refractivity (Wildman–Crippen MR) is 89.6 cm³/mol. The van der Waals surface area contributed by atoms with Gasteiger partial charge in [0.25, 0.3) is 11.6 Å². The first-order chi connectivity index (χ1) is 11.1. The van der Waals surface area contributed by atoms with Crippen molar-refractivity contribution in [3.8, 4) is 5.75 Å². The minimum absolute atomic E-state index is 0.0109. The van der Waals surface area contributed by atoms with Gasteiger partial charge in [-0.05, 0) is 19.9 Å². The number of carbonyl (C=O) groups is 2. The topological polar surface area (TPSA) is 131 Å². The van der Waals surface area contributed by atoms with Crippen molar-refractivity contribution in [3.05, 3.63) is 40.5 Å². The normalized spacial score (nSPS) is 13.4. The summed E-state index contributed by atoms with van der Waals surface area (Å²) in [6, 6.07) is 3.42. The molecule has 0 aromatic heterocycles. The minimum atomic E-state index is -0.829. The first kappa shape index (κ1) is 19.6. The summed E-state index contributed by atoms with van der Waals surface area (Å²) in [5, 5.41) is 22.4. The van der Waals surface area contributed by atoms with E-state index in [1.807, 2.05) is 0 Å². The second-order valence-corrected chi connectivity index (χ2v) is 7.05. The number of non-ortho nitro benzene ring substituents is 1. The van der Waals surface area contributed by atoms with E-state index in [9.17, 15) is 24.8 Å². The van der Waals surface area contributed by atoms with Gasteiger partial charge in [0, 0.05) is 18.2 Å². The summed E-state index contributed by atoms with van der Waals surface area (Å²) in [5.41, 5.74) is 1.96. The van der Waals surface area contributed by atoms with Crippen molar-refractivity contribution < 1.29 is 24.5 Å². The Morgan fingerprint density at radius 2 is 2.17 bits per heavy atom. The monoisotopic (exact) mass is 401 g/mol. The first-order valence-electron chi connectivity index (χ1n) is 6.67. The molecule has 0 radical (unpaired) electrons. The summed E-state index contributed by atoms with van der Waals surface area (Å²) in [5.74, 6) is -0.819. The molecule has 10 heteroatoms. The lowest BCUT2D eigenvalue weighted by atomic mass is 10.2. The Morgan fingerprint density at radius 3 is 2.58 bits per heavy atom. The third-order valence-electron chi connectivity index (χ3n) is 2.60. The number of phenolic OH excluding ortho intramolecular Hbond substituents is 1. The Bertz CT molecular complexity index is 669. The van der Waals surface area contributed by atoms with Crippen LogP contribution in [0.15, 0.2) is 30.4 Å². The van der Waals surface area contributed by atoms with Crippen LogP contribution in [-0.2, 0) is 14.4 Å². The van der Waals surface area contributed by atoms with Crippen LogP contribution in [0.2, 0.25) is 0 Å². The molecule has 9 nitrogen and oxygen atoms in total. The molecule has 0 atom stereocenters. The van der Waals surface area contributed by atoms with Gasteiger partial charge < -0.3 is 10.4 Å². The molecule has 2 amide bonds. The number of alkyl halides is 1. The number of benzene rings is 1. The number of aromatic hydroxyl groups is 1. The van der Waals surface area contributed by atoms with Crippen molar-refractivity contribution >= 4 is 39.1 Å². The van der Waals surface area contributed by atoms with Gasteiger partial charge in [-0.1, -0.05) is 22.0 Å². The molecule has 1 aliphatic rings. The molecule has 0 spiro atoms. The zero-order valence-corrected chi connectivity index (χ0v) is 14.5. The van der Waals surface area contributed by atoms with Gasteiger partial charge in [0.05, 0.1) is 21.5 Å². The molecule has 0 fully saturated rings. The van der Waals surface area contributed by atoms with Crippen LogP contribution in [-0.4, -0.2) is 32.8 Å². The van der Waals surface area contributed by atoms with Crippen LogP contribution in [0.1, 0.15) is 13.8 Å². The number of carbonyl (C=O) groups excluding carboxylic acids is 2. The second kappa shape index (κ2) is 8.41. The Morgan fingerprint density at radius 1 is 1.50 bits per heavy atom. The molecule has 0 bridgehead atoms. The van der Waals surface area contributed by atoms with Gasteiger partial charge >= 0.3 is 0 Å². The van der Waals surface area contributed by atoms with E-state index in [0.29, 0.717) is 6.61 Å². The fourth-order valence-corrected chi connectivity index (χ4v) is 1.46. The molecule has 3 N–H and O–H groups in total. The number of hydrogen-bond donors (Lipinski definition) is 3. The molecule has 0 saturated heterocycles. The number of halogens is 1. The van der Waals surface area contributed by atoms with Gasteiger partial charge in [-0.25, -0.2) is 5.48 Å². The highest BCUT2D eigenvalue weighted by molar-refractivity contribution is 9.10. The standard InChI is InChI=1S/C10H11BrN2O4.C4H5NO2/c1-10(2,11)9(15)12-7-5-6(13(16)17)3-4-8(7)14;6-4-2-1-3-7-5-4/h3-5,14H,1-2H3,(H,12,15);1-2H,3H2,(H,5,6). The molecule has 2 rings (SSSR count). The summed E-state index contributed by atoms with van der Waals surface area (Å²) in [6.45, 7) is 3.72. The maximum atomic E-state index is 11.6. The van der Waals surface area contributed by atoms with E-state index in [2.05, 4.69) is 31.6 Å². The van der Waals surface area contributed by atoms with Crippen molar-refractivity contribution in [2.24, 2.45) is 0 Å². The largest absolute Gasteiger partial charge is 0.506 e. The van der Waals surface area contributed by atoms with Gasteiger partial charge in [-0.3, -0.25) is 24.5 Å². The summed E-state index contributed by atoms with van der Waals surface area (Å²) >= 11 is 3.15. The molecular weight excluding hydrogens is 386 g/mol. The molecular formula is C14H16BrN3O6.